The van der Waals surface area contributed by atoms with Crippen molar-refractivity contribution in [2.75, 3.05) is 26.2 Å². The Morgan fingerprint density at radius 2 is 1.73 bits per heavy atom. The van der Waals surface area contributed by atoms with E-state index in [0.29, 0.717) is 31.1 Å². The molecule has 3 N–H and O–H groups in total. The largest absolute Gasteiger partial charge is 0.506 e. The van der Waals surface area contributed by atoms with Gasteiger partial charge in [-0.25, -0.2) is 0 Å². The number of piperidine rings is 3. The number of aromatic hydroxyl groups is 1. The molecule has 62 heavy (non-hydrogen) atoms. The number of nitrogens with one attached hydrogen (secondary N) is 2. The zero-order valence-corrected chi connectivity index (χ0v) is 38.4. The zero-order chi connectivity index (χ0) is 43.6. The maximum absolute atomic E-state index is 14.1. The normalized spacial score (nSPS) is 20.7. The number of rotatable bonds is 15. The van der Waals surface area contributed by atoms with Crippen LogP contribution in [-0.2, 0) is 38.9 Å². The van der Waals surface area contributed by atoms with Crippen molar-refractivity contribution < 1.29 is 19.1 Å². The summed E-state index contributed by atoms with van der Waals surface area (Å²) in [4.78, 5) is 44.8. The molecular formula is C51H66N4O6Si. The fraction of sp³-hybridized carbons (Fsp3) is 0.510. The number of ether oxygens (including phenoxy) is 1. The average Bonchev–Trinajstić information content (AvgIpc) is 3.26. The molecule has 9 rings (SSSR count). The van der Waals surface area contributed by atoms with Crippen LogP contribution in [0.1, 0.15) is 107 Å². The molecule has 4 aliphatic rings. The van der Waals surface area contributed by atoms with Crippen LogP contribution in [0.25, 0.3) is 21.8 Å². The number of hydrogen-bond donors (Lipinski definition) is 3. The number of pyridine rings is 2. The predicted octanol–water partition coefficient (Wildman–Crippen LogP) is 9.26. The number of aryl methyl sites for hydroxylation is 2. The van der Waals surface area contributed by atoms with E-state index in [9.17, 15) is 19.5 Å². The van der Waals surface area contributed by atoms with Gasteiger partial charge in [0.2, 0.25) is 5.56 Å². The van der Waals surface area contributed by atoms with Crippen molar-refractivity contribution in [3.63, 3.8) is 0 Å². The molecule has 0 unspecified atom stereocenters. The van der Waals surface area contributed by atoms with Gasteiger partial charge >= 0.3 is 5.97 Å². The van der Waals surface area contributed by atoms with Crippen LogP contribution in [0.3, 0.4) is 0 Å². The fourth-order valence-electron chi connectivity index (χ4n) is 10.0. The Morgan fingerprint density at radius 3 is 2.47 bits per heavy atom. The lowest BCUT2D eigenvalue weighted by Gasteiger charge is -2.45. The first-order chi connectivity index (χ1) is 29.7. The number of esters is 1. The molecule has 3 saturated heterocycles. The van der Waals surface area contributed by atoms with Crippen LogP contribution in [0.5, 0.6) is 5.75 Å². The van der Waals surface area contributed by atoms with Crippen LogP contribution in [0.15, 0.2) is 88.5 Å². The predicted molar refractivity (Wildman–Crippen MR) is 250 cm³/mol. The maximum Gasteiger partial charge on any atom is 0.316 e. The second kappa shape index (κ2) is 18.3. The average molecular weight is 859 g/mol. The monoisotopic (exact) mass is 858 g/mol. The van der Waals surface area contributed by atoms with Gasteiger partial charge in [-0.05, 0) is 140 Å². The molecule has 11 heteroatoms. The van der Waals surface area contributed by atoms with Crippen molar-refractivity contribution in [1.82, 2.24) is 19.8 Å². The molecule has 1 aliphatic carbocycles. The first kappa shape index (κ1) is 44.1. The van der Waals surface area contributed by atoms with Crippen LogP contribution in [0.4, 0.5) is 0 Å². The first-order valence-electron chi connectivity index (χ1n) is 23.1. The maximum atomic E-state index is 14.1. The summed E-state index contributed by atoms with van der Waals surface area (Å²) in [5.74, 6) is 0.517. The van der Waals surface area contributed by atoms with Crippen molar-refractivity contribution in [3.8, 4) is 5.75 Å². The van der Waals surface area contributed by atoms with Crippen LogP contribution >= 0.6 is 0 Å². The first-order valence-corrected chi connectivity index (χ1v) is 26.0. The zero-order valence-electron chi connectivity index (χ0n) is 37.4. The number of nitrogens with zero attached hydrogens (tertiary/aromatic N) is 2. The summed E-state index contributed by atoms with van der Waals surface area (Å²) in [6, 6.07) is 25.4. The molecule has 10 nitrogen and oxygen atoms in total. The minimum Gasteiger partial charge on any atom is -0.506 e. The number of phenolic OH excluding ortho intramolecular Hbond substituents is 1. The van der Waals surface area contributed by atoms with E-state index in [1.807, 2.05) is 16.7 Å². The van der Waals surface area contributed by atoms with E-state index in [2.05, 4.69) is 91.5 Å². The molecule has 330 valence electrons. The molecule has 0 radical (unpaired) electrons. The second-order valence-electron chi connectivity index (χ2n) is 19.9. The molecule has 3 aromatic carbocycles. The molecule has 2 bridgehead atoms. The molecule has 5 heterocycles. The number of unbranched alkanes of at least 4 members (excludes halogenated alkanes) is 1. The minimum absolute atomic E-state index is 0.000739. The Labute approximate surface area is 367 Å². The van der Waals surface area contributed by atoms with E-state index in [-0.39, 0.29) is 40.1 Å². The molecule has 3 aliphatic heterocycles. The Morgan fingerprint density at radius 1 is 0.935 bits per heavy atom. The van der Waals surface area contributed by atoms with E-state index < -0.39 is 13.7 Å². The quantitative estimate of drug-likeness (QED) is 0.0541. The summed E-state index contributed by atoms with van der Waals surface area (Å²) in [6.45, 7) is 16.0. The van der Waals surface area contributed by atoms with Gasteiger partial charge in [0.25, 0.3) is 5.56 Å². The molecule has 1 saturated carbocycles. The number of fused-ring (bicyclic) bond motifs is 5. The molecule has 2 atom stereocenters. The number of carbonyl (C=O) groups excluding carboxylic acids is 1. The Balaban J connectivity index is 0.913. The van der Waals surface area contributed by atoms with Crippen molar-refractivity contribution in [3.05, 3.63) is 122 Å². The number of hydrogen-bond acceptors (Lipinski definition) is 8. The summed E-state index contributed by atoms with van der Waals surface area (Å²) in [7, 11) is -2.22. The van der Waals surface area contributed by atoms with Crippen LogP contribution < -0.4 is 16.4 Å². The van der Waals surface area contributed by atoms with Gasteiger partial charge in [0.1, 0.15) is 11.9 Å². The van der Waals surface area contributed by atoms with Gasteiger partial charge in [0, 0.05) is 43.7 Å². The van der Waals surface area contributed by atoms with Crippen LogP contribution in [-0.4, -0.2) is 66.1 Å². The third kappa shape index (κ3) is 9.37. The Kier molecular flexibility index (Phi) is 13.0. The SMILES string of the molecule is CC(C)(C)[Si](C)(C)O[C@H](CNCc1ccc2c(ccc(=O)n2CCCCc2cccc(C3(C(=O)O[C@H]4CN5CCC4CC5)CCCCC3)c2)c1)c1ccc(O)c2[nH]c(=O)ccc12. The van der Waals surface area contributed by atoms with E-state index in [0.717, 1.165) is 110 Å². The number of H-pyrrole nitrogens is 1. The lowest BCUT2D eigenvalue weighted by Crippen LogP contribution is -2.53. The van der Waals surface area contributed by atoms with Crippen LogP contribution in [0, 0.1) is 5.92 Å². The summed E-state index contributed by atoms with van der Waals surface area (Å²) < 4.78 is 15.3. The lowest BCUT2D eigenvalue weighted by molar-refractivity contribution is -0.167. The lowest BCUT2D eigenvalue weighted by atomic mass is 9.69. The van der Waals surface area contributed by atoms with Gasteiger partial charge in [-0.1, -0.05) is 76.4 Å². The van der Waals surface area contributed by atoms with Crippen molar-refractivity contribution in [1.29, 1.82) is 0 Å². The number of aromatic amines is 1. The highest BCUT2D eigenvalue weighted by atomic mass is 28.4. The second-order valence-corrected chi connectivity index (χ2v) is 24.6. The standard InChI is InChI=1S/C51H66N4O6Si/c1-50(2,3)62(4,5)61-44(40-17-20-43(56)48-41(40)18-21-46(57)53-48)33-52-32-36-15-19-42-38(30-36)16-22-47(58)55(42)27-10-7-12-35-13-11-14-39(31-35)51(25-8-6-9-26-51)49(59)60-45-34-54-28-23-37(45)24-29-54/h11,13-22,30-31,37,44-45,52,56H,6-10,12,23-29,32-34H2,1-5H3,(H,53,57)/t44-,45+/m1/s1. The molecule has 4 fully saturated rings. The van der Waals surface area contributed by atoms with E-state index in [1.165, 1.54) is 18.1 Å². The smallest absolute Gasteiger partial charge is 0.316 e. The van der Waals surface area contributed by atoms with Gasteiger partial charge in [-0.15, -0.1) is 0 Å². The minimum atomic E-state index is -2.22. The van der Waals surface area contributed by atoms with Gasteiger partial charge in [-0.2, -0.15) is 0 Å². The van der Waals surface area contributed by atoms with E-state index >= 15 is 0 Å². The summed E-state index contributed by atoms with van der Waals surface area (Å²) >= 11 is 0. The summed E-state index contributed by atoms with van der Waals surface area (Å²) in [6.07, 6.45) is 9.60. The van der Waals surface area contributed by atoms with Crippen LogP contribution in [0.2, 0.25) is 18.1 Å². The molecule has 0 spiro atoms. The molecule has 0 amide bonds. The highest BCUT2D eigenvalue weighted by molar-refractivity contribution is 6.74. The van der Waals surface area contributed by atoms with Gasteiger partial charge in [0.15, 0.2) is 8.32 Å². The topological polar surface area (TPSA) is 126 Å². The summed E-state index contributed by atoms with van der Waals surface area (Å²) in [5.41, 5.74) is 4.86. The number of benzene rings is 3. The van der Waals surface area contributed by atoms with Crippen molar-refractivity contribution >= 4 is 36.1 Å². The highest BCUT2D eigenvalue weighted by Crippen LogP contribution is 2.43. The number of phenols is 1. The van der Waals surface area contributed by atoms with Crippen molar-refractivity contribution in [2.24, 2.45) is 5.92 Å². The number of carbonyl (C=O) groups is 1. The van der Waals surface area contributed by atoms with E-state index in [4.69, 9.17) is 9.16 Å². The van der Waals surface area contributed by atoms with Gasteiger partial charge in [-0.3, -0.25) is 19.3 Å². The van der Waals surface area contributed by atoms with E-state index in [1.54, 1.807) is 18.2 Å². The molecule has 2 aromatic heterocycles. The van der Waals surface area contributed by atoms with Gasteiger partial charge in [0.05, 0.1) is 22.6 Å². The molecular weight excluding hydrogens is 793 g/mol. The Bertz CT molecular complexity index is 2510. The number of aromatic nitrogens is 2. The van der Waals surface area contributed by atoms with Gasteiger partial charge < -0.3 is 29.1 Å². The highest BCUT2D eigenvalue weighted by Gasteiger charge is 2.46. The Hall–Kier alpha value is -4.55. The summed E-state index contributed by atoms with van der Waals surface area (Å²) in [5, 5.41) is 16.0. The third-order valence-corrected chi connectivity index (χ3v) is 19.2. The van der Waals surface area contributed by atoms with Crippen molar-refractivity contribution in [2.45, 2.75) is 134 Å². The third-order valence-electron chi connectivity index (χ3n) is 14.7. The molecule has 5 aromatic rings. The fourth-order valence-corrected chi connectivity index (χ4v) is 11.3.